The molecule has 1 rings (SSSR count). The molecule has 1 aliphatic rings. The summed E-state index contributed by atoms with van der Waals surface area (Å²) in [5.74, 6) is 0.668. The van der Waals surface area contributed by atoms with Crippen LogP contribution < -0.4 is 0 Å². The number of hydrogen-bond donors (Lipinski definition) is 0. The average molecular weight is 236 g/mol. The molecule has 1 aliphatic carbocycles. The molecule has 0 amide bonds. The lowest BCUT2D eigenvalue weighted by Crippen LogP contribution is -2.26. The molecule has 17 heavy (non-hydrogen) atoms. The maximum atomic E-state index is 11.5. The van der Waals surface area contributed by atoms with Gasteiger partial charge in [-0.3, -0.25) is 14.4 Å². The van der Waals surface area contributed by atoms with Gasteiger partial charge in [-0.05, 0) is 31.1 Å². The summed E-state index contributed by atoms with van der Waals surface area (Å²) in [5.41, 5.74) is 0. The van der Waals surface area contributed by atoms with E-state index in [4.69, 9.17) is 6.42 Å². The molecule has 0 spiro atoms. The molecule has 0 bridgehead atoms. The minimum atomic E-state index is -0.638. The summed E-state index contributed by atoms with van der Waals surface area (Å²) >= 11 is 0. The number of Topliss-reactive ketones (excluding diaryl/α,β-unsaturated/α-hetero) is 2. The number of esters is 1. The highest BCUT2D eigenvalue weighted by Crippen LogP contribution is 2.33. The zero-order valence-electron chi connectivity index (χ0n) is 9.90. The van der Waals surface area contributed by atoms with Crippen LogP contribution in [-0.4, -0.2) is 24.6 Å². The highest BCUT2D eigenvalue weighted by atomic mass is 16.5. The van der Waals surface area contributed by atoms with Gasteiger partial charge in [-0.25, -0.2) is 0 Å². The summed E-state index contributed by atoms with van der Waals surface area (Å²) in [4.78, 5) is 33.9. The monoisotopic (exact) mass is 236 g/mol. The van der Waals surface area contributed by atoms with Gasteiger partial charge < -0.3 is 4.74 Å². The van der Waals surface area contributed by atoms with Crippen LogP contribution in [0.4, 0.5) is 0 Å². The van der Waals surface area contributed by atoms with E-state index in [9.17, 15) is 14.4 Å². The third-order valence-corrected chi connectivity index (χ3v) is 3.17. The first-order valence-corrected chi connectivity index (χ1v) is 5.70. The zero-order valence-corrected chi connectivity index (χ0v) is 9.90. The molecule has 0 radical (unpaired) electrons. The smallest absolute Gasteiger partial charge is 0.316 e. The summed E-state index contributed by atoms with van der Waals surface area (Å²) < 4.78 is 4.62. The Labute approximate surface area is 101 Å². The maximum Gasteiger partial charge on any atom is 0.316 e. The van der Waals surface area contributed by atoms with Gasteiger partial charge in [-0.15, -0.1) is 6.42 Å². The Balaban J connectivity index is 2.47. The molecule has 2 atom stereocenters. The largest absolute Gasteiger partial charge is 0.468 e. The number of ketones is 2. The van der Waals surface area contributed by atoms with Crippen molar-refractivity contribution in [1.29, 1.82) is 0 Å². The third kappa shape index (κ3) is 3.42. The van der Waals surface area contributed by atoms with Crippen molar-refractivity contribution in [1.82, 2.24) is 0 Å². The molecule has 4 heteroatoms. The first-order chi connectivity index (χ1) is 8.10. The Kier molecular flexibility index (Phi) is 4.89. The van der Waals surface area contributed by atoms with Crippen molar-refractivity contribution >= 4 is 17.5 Å². The summed E-state index contributed by atoms with van der Waals surface area (Å²) in [5, 5.41) is 0. The molecule has 92 valence electrons. The van der Waals surface area contributed by atoms with Crippen LogP contribution in [-0.2, 0) is 19.1 Å². The number of rotatable bonds is 5. The Morgan fingerprint density at radius 1 is 1.53 bits per heavy atom. The van der Waals surface area contributed by atoms with E-state index in [1.54, 1.807) is 0 Å². The maximum absolute atomic E-state index is 11.5. The molecular formula is C13H16O4. The summed E-state index contributed by atoms with van der Waals surface area (Å²) in [6.45, 7) is 0. The van der Waals surface area contributed by atoms with Gasteiger partial charge in [0.2, 0.25) is 5.78 Å². The molecule has 0 N–H and O–H groups in total. The van der Waals surface area contributed by atoms with Crippen LogP contribution in [0.1, 0.15) is 32.1 Å². The first kappa shape index (κ1) is 13.4. The van der Waals surface area contributed by atoms with Crippen molar-refractivity contribution < 1.29 is 19.1 Å². The van der Waals surface area contributed by atoms with Crippen LogP contribution in [0.25, 0.3) is 0 Å². The van der Waals surface area contributed by atoms with Crippen molar-refractivity contribution in [2.45, 2.75) is 32.1 Å². The molecule has 1 saturated carbocycles. The molecule has 0 aliphatic heterocycles. The van der Waals surface area contributed by atoms with E-state index >= 15 is 0 Å². The lowest BCUT2D eigenvalue weighted by molar-refractivity contribution is -0.149. The molecule has 0 saturated heterocycles. The van der Waals surface area contributed by atoms with Gasteiger partial charge in [-0.1, -0.05) is 0 Å². The minimum absolute atomic E-state index is 0.000486. The fourth-order valence-electron chi connectivity index (χ4n) is 2.27. The highest BCUT2D eigenvalue weighted by Gasteiger charge is 2.40. The normalized spacial score (nSPS) is 23.2. The first-order valence-electron chi connectivity index (χ1n) is 5.70. The van der Waals surface area contributed by atoms with Crippen molar-refractivity contribution in [3.63, 3.8) is 0 Å². The average Bonchev–Trinajstić information content (AvgIpc) is 2.69. The lowest BCUT2D eigenvalue weighted by atomic mass is 9.90. The number of terminal acetylenes is 1. The predicted octanol–water partition coefficient (Wildman–Crippen LogP) is 1.13. The number of hydrogen-bond acceptors (Lipinski definition) is 4. The van der Waals surface area contributed by atoms with Crippen molar-refractivity contribution in [2.24, 2.45) is 11.8 Å². The molecule has 0 aromatic rings. The molecular weight excluding hydrogens is 220 g/mol. The van der Waals surface area contributed by atoms with Gasteiger partial charge in [0.05, 0.1) is 7.11 Å². The highest BCUT2D eigenvalue weighted by molar-refractivity contribution is 6.00. The van der Waals surface area contributed by atoms with E-state index in [0.29, 0.717) is 32.1 Å². The van der Waals surface area contributed by atoms with E-state index in [1.165, 1.54) is 7.11 Å². The molecule has 4 nitrogen and oxygen atoms in total. The Morgan fingerprint density at radius 3 is 2.82 bits per heavy atom. The Bertz CT molecular complexity index is 364. The SMILES string of the molecule is C#CC(=O)CCCC1CCC(=O)C1C(=O)OC. The summed E-state index contributed by atoms with van der Waals surface area (Å²) in [7, 11) is 1.28. The van der Waals surface area contributed by atoms with Crippen LogP contribution in [0.5, 0.6) is 0 Å². The van der Waals surface area contributed by atoms with Gasteiger partial charge in [-0.2, -0.15) is 0 Å². The number of ether oxygens (including phenoxy) is 1. The summed E-state index contributed by atoms with van der Waals surface area (Å²) in [6.07, 6.45) is 7.68. The van der Waals surface area contributed by atoms with E-state index in [2.05, 4.69) is 4.74 Å². The van der Waals surface area contributed by atoms with Crippen LogP contribution in [0.2, 0.25) is 0 Å². The summed E-state index contributed by atoms with van der Waals surface area (Å²) in [6, 6.07) is 0. The Hall–Kier alpha value is -1.63. The quantitative estimate of drug-likeness (QED) is 0.311. The predicted molar refractivity (Wildman–Crippen MR) is 60.9 cm³/mol. The van der Waals surface area contributed by atoms with Gasteiger partial charge in [0.25, 0.3) is 0 Å². The third-order valence-electron chi connectivity index (χ3n) is 3.17. The molecule has 0 heterocycles. The van der Waals surface area contributed by atoms with Crippen LogP contribution in [0.15, 0.2) is 0 Å². The zero-order chi connectivity index (χ0) is 12.8. The fourth-order valence-corrected chi connectivity index (χ4v) is 2.27. The van der Waals surface area contributed by atoms with E-state index in [-0.39, 0.29) is 17.5 Å². The second-order valence-corrected chi connectivity index (χ2v) is 4.23. The van der Waals surface area contributed by atoms with Crippen molar-refractivity contribution in [2.75, 3.05) is 7.11 Å². The number of carbonyl (C=O) groups is 3. The van der Waals surface area contributed by atoms with Crippen LogP contribution in [0, 0.1) is 24.2 Å². The van der Waals surface area contributed by atoms with Crippen molar-refractivity contribution in [3.8, 4) is 12.3 Å². The Morgan fingerprint density at radius 2 is 2.24 bits per heavy atom. The molecule has 2 unspecified atom stereocenters. The van der Waals surface area contributed by atoms with Crippen LogP contribution >= 0.6 is 0 Å². The van der Waals surface area contributed by atoms with Gasteiger partial charge in [0.1, 0.15) is 11.7 Å². The number of methoxy groups -OCH3 is 1. The molecule has 0 aromatic carbocycles. The van der Waals surface area contributed by atoms with Gasteiger partial charge >= 0.3 is 5.97 Å². The molecule has 0 aromatic heterocycles. The standard InChI is InChI=1S/C13H16O4/c1-3-10(14)6-4-5-9-7-8-11(15)12(9)13(16)17-2/h1,9,12H,4-8H2,2H3. The second-order valence-electron chi connectivity index (χ2n) is 4.23. The molecule has 1 fully saturated rings. The number of carbonyl (C=O) groups excluding carboxylic acids is 3. The van der Waals surface area contributed by atoms with E-state index in [0.717, 1.165) is 0 Å². The fraction of sp³-hybridized carbons (Fsp3) is 0.615. The minimum Gasteiger partial charge on any atom is -0.468 e. The van der Waals surface area contributed by atoms with Crippen molar-refractivity contribution in [3.05, 3.63) is 0 Å². The van der Waals surface area contributed by atoms with E-state index in [1.807, 2.05) is 5.92 Å². The van der Waals surface area contributed by atoms with Crippen LogP contribution in [0.3, 0.4) is 0 Å². The van der Waals surface area contributed by atoms with Gasteiger partial charge in [0.15, 0.2) is 0 Å². The lowest BCUT2D eigenvalue weighted by Gasteiger charge is -2.15. The second kappa shape index (κ2) is 6.19. The van der Waals surface area contributed by atoms with Gasteiger partial charge in [0, 0.05) is 12.8 Å². The topological polar surface area (TPSA) is 60.4 Å². The van der Waals surface area contributed by atoms with E-state index < -0.39 is 11.9 Å².